The van der Waals surface area contributed by atoms with Crippen molar-refractivity contribution in [3.8, 4) is 0 Å². The lowest BCUT2D eigenvalue weighted by molar-refractivity contribution is -0.141. The van der Waals surface area contributed by atoms with Crippen LogP contribution in [0, 0.1) is 0 Å². The van der Waals surface area contributed by atoms with E-state index in [4.69, 9.17) is 16.3 Å². The first kappa shape index (κ1) is 24.2. The summed E-state index contributed by atoms with van der Waals surface area (Å²) in [5.41, 5.74) is 1.70. The van der Waals surface area contributed by atoms with Gasteiger partial charge in [0.1, 0.15) is 12.6 Å². The molecule has 31 heavy (non-hydrogen) atoms. The lowest BCUT2D eigenvalue weighted by atomic mass is 10.1. The Bertz CT molecular complexity index is 843. The van der Waals surface area contributed by atoms with E-state index in [-0.39, 0.29) is 25.4 Å². The van der Waals surface area contributed by atoms with E-state index >= 15 is 0 Å². The highest BCUT2D eigenvalue weighted by Gasteiger charge is 2.20. The Morgan fingerprint density at radius 2 is 1.65 bits per heavy atom. The molecule has 0 aliphatic heterocycles. The first-order chi connectivity index (χ1) is 14.9. The summed E-state index contributed by atoms with van der Waals surface area (Å²) >= 11 is 5.83. The molecule has 0 aliphatic carbocycles. The summed E-state index contributed by atoms with van der Waals surface area (Å²) in [5.74, 6) is -1.39. The molecule has 166 valence electrons. The fourth-order valence-electron chi connectivity index (χ4n) is 2.87. The maximum absolute atomic E-state index is 12.1. The molecular formula is C23H27ClN2O5. The van der Waals surface area contributed by atoms with Crippen LogP contribution in [0.2, 0.25) is 5.02 Å². The van der Waals surface area contributed by atoms with Gasteiger partial charge in [-0.2, -0.15) is 0 Å². The molecular weight excluding hydrogens is 420 g/mol. The van der Waals surface area contributed by atoms with Crippen molar-refractivity contribution in [3.05, 3.63) is 70.7 Å². The van der Waals surface area contributed by atoms with Gasteiger partial charge in [-0.25, -0.2) is 9.59 Å². The molecule has 0 spiro atoms. The number of unbranched alkanes of at least 4 members (excludes halogenated alkanes) is 2. The van der Waals surface area contributed by atoms with Crippen molar-refractivity contribution in [2.45, 2.75) is 44.8 Å². The number of carboxylic acids is 1. The van der Waals surface area contributed by atoms with Crippen LogP contribution in [0.15, 0.2) is 54.6 Å². The Labute approximate surface area is 186 Å². The summed E-state index contributed by atoms with van der Waals surface area (Å²) in [5, 5.41) is 15.2. The van der Waals surface area contributed by atoms with Gasteiger partial charge in [0.05, 0.1) is 0 Å². The van der Waals surface area contributed by atoms with Gasteiger partial charge in [0.2, 0.25) is 5.91 Å². The third kappa shape index (κ3) is 10.00. The number of carbonyl (C=O) groups excluding carboxylic acids is 2. The van der Waals surface area contributed by atoms with Gasteiger partial charge in [-0.05, 0) is 36.1 Å². The number of halogens is 1. The summed E-state index contributed by atoms with van der Waals surface area (Å²) in [7, 11) is 0. The Hall–Kier alpha value is -3.06. The summed E-state index contributed by atoms with van der Waals surface area (Å²) in [6.45, 7) is 0.664. The molecule has 0 unspecified atom stereocenters. The Morgan fingerprint density at radius 1 is 0.935 bits per heavy atom. The molecule has 8 heteroatoms. The number of hydrogen-bond acceptors (Lipinski definition) is 4. The summed E-state index contributed by atoms with van der Waals surface area (Å²) in [6.07, 6.45) is 1.95. The molecule has 0 saturated carbocycles. The zero-order valence-electron chi connectivity index (χ0n) is 17.2. The molecule has 0 aliphatic rings. The number of carbonyl (C=O) groups is 3. The van der Waals surface area contributed by atoms with Crippen molar-refractivity contribution in [2.24, 2.45) is 0 Å². The molecule has 0 fully saturated rings. The molecule has 1 atom stereocenters. The van der Waals surface area contributed by atoms with Crippen LogP contribution in [-0.4, -0.2) is 35.7 Å². The van der Waals surface area contributed by atoms with E-state index in [1.165, 1.54) is 0 Å². The molecule has 0 aromatic heterocycles. The van der Waals surface area contributed by atoms with E-state index < -0.39 is 18.1 Å². The zero-order chi connectivity index (χ0) is 22.5. The molecule has 0 bridgehead atoms. The topological polar surface area (TPSA) is 105 Å². The Kier molecular flexibility index (Phi) is 10.4. The fourth-order valence-corrected chi connectivity index (χ4v) is 3.00. The molecule has 0 heterocycles. The van der Waals surface area contributed by atoms with Gasteiger partial charge in [-0.15, -0.1) is 0 Å². The van der Waals surface area contributed by atoms with Crippen LogP contribution in [0.5, 0.6) is 0 Å². The van der Waals surface area contributed by atoms with Crippen LogP contribution < -0.4 is 10.6 Å². The van der Waals surface area contributed by atoms with E-state index in [0.717, 1.165) is 17.5 Å². The van der Waals surface area contributed by atoms with Crippen LogP contribution in [0.4, 0.5) is 4.79 Å². The summed E-state index contributed by atoms with van der Waals surface area (Å²) < 4.78 is 5.12. The average Bonchev–Trinajstić information content (AvgIpc) is 2.76. The second-order valence-electron chi connectivity index (χ2n) is 7.09. The molecule has 2 aromatic carbocycles. The van der Waals surface area contributed by atoms with Crippen LogP contribution in [0.1, 0.15) is 36.8 Å². The molecule has 0 saturated heterocycles. The highest BCUT2D eigenvalue weighted by Crippen LogP contribution is 2.11. The third-order valence-corrected chi connectivity index (χ3v) is 4.80. The maximum Gasteiger partial charge on any atom is 0.407 e. The summed E-state index contributed by atoms with van der Waals surface area (Å²) in [6, 6.07) is 15.3. The van der Waals surface area contributed by atoms with Crippen LogP contribution >= 0.6 is 11.6 Å². The van der Waals surface area contributed by atoms with Crippen molar-refractivity contribution in [1.82, 2.24) is 10.6 Å². The van der Waals surface area contributed by atoms with Gasteiger partial charge < -0.3 is 20.5 Å². The predicted octanol–water partition coefficient (Wildman–Crippen LogP) is 3.94. The number of hydrogen-bond donors (Lipinski definition) is 3. The van der Waals surface area contributed by atoms with Gasteiger partial charge in [-0.3, -0.25) is 4.79 Å². The van der Waals surface area contributed by atoms with Gasteiger partial charge in [0, 0.05) is 24.4 Å². The summed E-state index contributed by atoms with van der Waals surface area (Å²) in [4.78, 5) is 35.2. The van der Waals surface area contributed by atoms with Gasteiger partial charge >= 0.3 is 12.1 Å². The van der Waals surface area contributed by atoms with E-state index in [0.29, 0.717) is 24.4 Å². The number of ether oxygens (including phenoxy) is 1. The van der Waals surface area contributed by atoms with E-state index in [9.17, 15) is 19.5 Å². The highest BCUT2D eigenvalue weighted by atomic mass is 35.5. The molecule has 2 rings (SSSR count). The number of rotatable bonds is 12. The number of benzene rings is 2. The number of carboxylic acid groups (broad SMARTS) is 1. The Morgan fingerprint density at radius 3 is 2.32 bits per heavy atom. The number of amides is 2. The SMILES string of the molecule is O=C(CCCCCNC(=O)OCc1ccccc1)N[C@H](Cc1ccc(Cl)cc1)C(=O)O. The monoisotopic (exact) mass is 446 g/mol. The fraction of sp³-hybridized carbons (Fsp3) is 0.348. The van der Waals surface area contributed by atoms with E-state index in [1.54, 1.807) is 24.3 Å². The van der Waals surface area contributed by atoms with Crippen LogP contribution in [0.3, 0.4) is 0 Å². The quantitative estimate of drug-likeness (QED) is 0.428. The van der Waals surface area contributed by atoms with Gasteiger partial charge in [0.15, 0.2) is 0 Å². The van der Waals surface area contributed by atoms with Crippen molar-refractivity contribution >= 4 is 29.6 Å². The van der Waals surface area contributed by atoms with Crippen molar-refractivity contribution in [2.75, 3.05) is 6.54 Å². The first-order valence-corrected chi connectivity index (χ1v) is 10.5. The predicted molar refractivity (Wildman–Crippen MR) is 118 cm³/mol. The van der Waals surface area contributed by atoms with E-state index in [1.807, 2.05) is 30.3 Å². The van der Waals surface area contributed by atoms with Crippen LogP contribution in [-0.2, 0) is 27.4 Å². The maximum atomic E-state index is 12.1. The molecule has 2 aromatic rings. The van der Waals surface area contributed by atoms with Crippen molar-refractivity contribution in [3.63, 3.8) is 0 Å². The average molecular weight is 447 g/mol. The van der Waals surface area contributed by atoms with Crippen LogP contribution in [0.25, 0.3) is 0 Å². The number of nitrogens with one attached hydrogen (secondary N) is 2. The largest absolute Gasteiger partial charge is 0.480 e. The Balaban J connectivity index is 1.57. The molecule has 7 nitrogen and oxygen atoms in total. The molecule has 2 amide bonds. The highest BCUT2D eigenvalue weighted by molar-refractivity contribution is 6.30. The minimum Gasteiger partial charge on any atom is -0.480 e. The van der Waals surface area contributed by atoms with Gasteiger partial charge in [0.25, 0.3) is 0 Å². The van der Waals surface area contributed by atoms with Crippen molar-refractivity contribution < 1.29 is 24.2 Å². The van der Waals surface area contributed by atoms with Gasteiger partial charge in [-0.1, -0.05) is 60.5 Å². The number of aliphatic carboxylic acids is 1. The molecule has 3 N–H and O–H groups in total. The van der Waals surface area contributed by atoms with E-state index in [2.05, 4.69) is 10.6 Å². The third-order valence-electron chi connectivity index (χ3n) is 4.55. The smallest absolute Gasteiger partial charge is 0.407 e. The number of alkyl carbamates (subject to hydrolysis) is 1. The lowest BCUT2D eigenvalue weighted by Gasteiger charge is -2.15. The second kappa shape index (κ2) is 13.3. The first-order valence-electron chi connectivity index (χ1n) is 10.1. The standard InChI is InChI=1S/C23H27ClN2O5/c24-19-12-10-17(11-13-19)15-20(22(28)29)26-21(27)9-5-2-6-14-25-23(30)31-16-18-7-3-1-4-8-18/h1,3-4,7-8,10-13,20H,2,5-6,9,14-16H2,(H,25,30)(H,26,27)(H,28,29)/t20-/m1/s1. The second-order valence-corrected chi connectivity index (χ2v) is 7.52. The molecule has 0 radical (unpaired) electrons. The minimum atomic E-state index is -1.08. The normalized spacial score (nSPS) is 11.4. The zero-order valence-corrected chi connectivity index (χ0v) is 17.9. The minimum absolute atomic E-state index is 0.188. The lowest BCUT2D eigenvalue weighted by Crippen LogP contribution is -2.42. The van der Waals surface area contributed by atoms with Crippen molar-refractivity contribution in [1.29, 1.82) is 0 Å².